The van der Waals surface area contributed by atoms with E-state index in [-0.39, 0.29) is 0 Å². The van der Waals surface area contributed by atoms with Crippen molar-refractivity contribution in [1.29, 1.82) is 0 Å². The summed E-state index contributed by atoms with van der Waals surface area (Å²) >= 11 is 0. The maximum absolute atomic E-state index is 5.56. The first-order valence-electron chi connectivity index (χ1n) is 6.19. The molecule has 1 rings (SSSR count). The summed E-state index contributed by atoms with van der Waals surface area (Å²) in [5.41, 5.74) is 6.61. The third kappa shape index (κ3) is 5.00. The number of anilines is 1. The minimum Gasteiger partial charge on any atom is -0.385 e. The zero-order chi connectivity index (χ0) is 13.2. The molecule has 0 aliphatic heterocycles. The van der Waals surface area contributed by atoms with Gasteiger partial charge in [-0.25, -0.2) is 4.98 Å². The summed E-state index contributed by atoms with van der Waals surface area (Å²) in [6.45, 7) is 3.70. The summed E-state index contributed by atoms with van der Waals surface area (Å²) in [7, 11) is 3.42. The Bertz CT molecular complexity index is 317. The predicted molar refractivity (Wildman–Crippen MR) is 72.7 cm³/mol. The summed E-state index contributed by atoms with van der Waals surface area (Å²) < 4.78 is 10.2. The van der Waals surface area contributed by atoms with E-state index in [2.05, 4.69) is 9.88 Å². The fourth-order valence-electron chi connectivity index (χ4n) is 1.67. The Labute approximate surface area is 109 Å². The lowest BCUT2D eigenvalue weighted by Crippen LogP contribution is -2.29. The van der Waals surface area contributed by atoms with Crippen LogP contribution < -0.4 is 10.6 Å². The van der Waals surface area contributed by atoms with Gasteiger partial charge < -0.3 is 20.1 Å². The molecule has 0 unspecified atom stereocenters. The molecule has 0 aliphatic carbocycles. The van der Waals surface area contributed by atoms with Gasteiger partial charge in [-0.15, -0.1) is 0 Å². The third-order valence-electron chi connectivity index (χ3n) is 2.71. The maximum atomic E-state index is 5.56. The van der Waals surface area contributed by atoms with Gasteiger partial charge in [0.25, 0.3) is 0 Å². The smallest absolute Gasteiger partial charge is 0.128 e. The highest BCUT2D eigenvalue weighted by molar-refractivity contribution is 5.39. The molecule has 5 heteroatoms. The molecule has 0 amide bonds. The first-order chi connectivity index (χ1) is 8.81. The molecule has 0 aliphatic rings. The van der Waals surface area contributed by atoms with E-state index in [0.717, 1.165) is 37.5 Å². The second-order valence-corrected chi connectivity index (χ2v) is 4.05. The van der Waals surface area contributed by atoms with Crippen molar-refractivity contribution in [3.63, 3.8) is 0 Å². The normalized spacial score (nSPS) is 10.6. The molecule has 0 fully saturated rings. The second kappa shape index (κ2) is 8.85. The van der Waals surface area contributed by atoms with Crippen LogP contribution in [0.5, 0.6) is 0 Å². The molecule has 0 saturated carbocycles. The standard InChI is InChI=1S/C13H23N3O2/c1-17-8-3-6-16(7-9-18-2)13-5-4-12(10-14)11-15-13/h4-5,11H,3,6-10,14H2,1-2H3. The van der Waals surface area contributed by atoms with E-state index >= 15 is 0 Å². The van der Waals surface area contributed by atoms with Gasteiger partial charge in [0.05, 0.1) is 6.61 Å². The lowest BCUT2D eigenvalue weighted by atomic mass is 10.2. The quantitative estimate of drug-likeness (QED) is 0.666. The van der Waals surface area contributed by atoms with E-state index in [9.17, 15) is 0 Å². The van der Waals surface area contributed by atoms with Crippen LogP contribution in [0.2, 0.25) is 0 Å². The molecular formula is C13H23N3O2. The van der Waals surface area contributed by atoms with Gasteiger partial charge in [0.15, 0.2) is 0 Å². The Morgan fingerprint density at radius 1 is 1.17 bits per heavy atom. The van der Waals surface area contributed by atoms with Crippen LogP contribution in [0, 0.1) is 0 Å². The molecular weight excluding hydrogens is 230 g/mol. The molecule has 5 nitrogen and oxygen atoms in total. The Morgan fingerprint density at radius 3 is 2.50 bits per heavy atom. The van der Waals surface area contributed by atoms with E-state index < -0.39 is 0 Å². The Hall–Kier alpha value is -1.17. The van der Waals surface area contributed by atoms with Gasteiger partial charge >= 0.3 is 0 Å². The number of hydrogen-bond acceptors (Lipinski definition) is 5. The number of hydrogen-bond donors (Lipinski definition) is 1. The van der Waals surface area contributed by atoms with E-state index in [4.69, 9.17) is 15.2 Å². The molecule has 0 aromatic carbocycles. The van der Waals surface area contributed by atoms with E-state index in [0.29, 0.717) is 13.2 Å². The monoisotopic (exact) mass is 253 g/mol. The fourth-order valence-corrected chi connectivity index (χ4v) is 1.67. The van der Waals surface area contributed by atoms with E-state index in [1.165, 1.54) is 0 Å². The summed E-state index contributed by atoms with van der Waals surface area (Å²) in [5.74, 6) is 0.959. The van der Waals surface area contributed by atoms with Gasteiger partial charge in [0, 0.05) is 46.7 Å². The van der Waals surface area contributed by atoms with Crippen LogP contribution in [-0.2, 0) is 16.0 Å². The van der Waals surface area contributed by atoms with Crippen molar-refractivity contribution in [1.82, 2.24) is 4.98 Å². The fraction of sp³-hybridized carbons (Fsp3) is 0.615. The van der Waals surface area contributed by atoms with Crippen LogP contribution in [0.25, 0.3) is 0 Å². The summed E-state index contributed by atoms with van der Waals surface area (Å²) in [5, 5.41) is 0. The molecule has 0 bridgehead atoms. The Balaban J connectivity index is 2.60. The van der Waals surface area contributed by atoms with Crippen molar-refractivity contribution < 1.29 is 9.47 Å². The topological polar surface area (TPSA) is 60.6 Å². The minimum atomic E-state index is 0.523. The average Bonchev–Trinajstić information content (AvgIpc) is 2.43. The number of nitrogens with zero attached hydrogens (tertiary/aromatic N) is 2. The van der Waals surface area contributed by atoms with Crippen molar-refractivity contribution in [2.24, 2.45) is 5.73 Å². The molecule has 2 N–H and O–H groups in total. The van der Waals surface area contributed by atoms with Crippen LogP contribution in [0.1, 0.15) is 12.0 Å². The molecule has 0 atom stereocenters. The van der Waals surface area contributed by atoms with E-state index in [1.54, 1.807) is 14.2 Å². The summed E-state index contributed by atoms with van der Waals surface area (Å²) in [6, 6.07) is 4.02. The largest absolute Gasteiger partial charge is 0.385 e. The molecule has 0 spiro atoms. The van der Waals surface area contributed by atoms with Gasteiger partial charge in [-0.05, 0) is 18.1 Å². The molecule has 18 heavy (non-hydrogen) atoms. The lowest BCUT2D eigenvalue weighted by molar-refractivity contribution is 0.191. The van der Waals surface area contributed by atoms with Crippen LogP contribution in [0.15, 0.2) is 18.3 Å². The van der Waals surface area contributed by atoms with Crippen molar-refractivity contribution in [3.8, 4) is 0 Å². The van der Waals surface area contributed by atoms with Crippen molar-refractivity contribution in [3.05, 3.63) is 23.9 Å². The molecule has 0 saturated heterocycles. The zero-order valence-electron chi connectivity index (χ0n) is 11.3. The highest BCUT2D eigenvalue weighted by atomic mass is 16.5. The number of nitrogens with two attached hydrogens (primary N) is 1. The van der Waals surface area contributed by atoms with Gasteiger partial charge in [-0.2, -0.15) is 0 Å². The van der Waals surface area contributed by atoms with Crippen molar-refractivity contribution >= 4 is 5.82 Å². The summed E-state index contributed by atoms with van der Waals surface area (Å²) in [4.78, 5) is 6.63. The van der Waals surface area contributed by atoms with Gasteiger partial charge in [0.2, 0.25) is 0 Å². The van der Waals surface area contributed by atoms with Crippen LogP contribution in [0.3, 0.4) is 0 Å². The van der Waals surface area contributed by atoms with Crippen molar-refractivity contribution in [2.75, 3.05) is 45.4 Å². The summed E-state index contributed by atoms with van der Waals surface area (Å²) in [6.07, 6.45) is 2.80. The number of aromatic nitrogens is 1. The number of ether oxygens (including phenoxy) is 2. The van der Waals surface area contributed by atoms with E-state index in [1.807, 2.05) is 18.3 Å². The lowest BCUT2D eigenvalue weighted by Gasteiger charge is -2.23. The van der Waals surface area contributed by atoms with Crippen LogP contribution in [-0.4, -0.2) is 45.5 Å². The first-order valence-corrected chi connectivity index (χ1v) is 6.19. The molecule has 1 aromatic rings. The highest BCUT2D eigenvalue weighted by Gasteiger charge is 2.07. The highest BCUT2D eigenvalue weighted by Crippen LogP contribution is 2.11. The maximum Gasteiger partial charge on any atom is 0.128 e. The van der Waals surface area contributed by atoms with Crippen molar-refractivity contribution in [2.45, 2.75) is 13.0 Å². The molecule has 0 radical (unpaired) electrons. The Kier molecular flexibility index (Phi) is 7.32. The third-order valence-corrected chi connectivity index (χ3v) is 2.71. The van der Waals surface area contributed by atoms with Gasteiger partial charge in [-0.1, -0.05) is 6.07 Å². The average molecular weight is 253 g/mol. The predicted octanol–water partition coefficient (Wildman–Crippen LogP) is 1.03. The molecule has 102 valence electrons. The molecule has 1 aromatic heterocycles. The van der Waals surface area contributed by atoms with Gasteiger partial charge in [0.1, 0.15) is 5.82 Å². The SMILES string of the molecule is COCCCN(CCOC)c1ccc(CN)cn1. The van der Waals surface area contributed by atoms with Gasteiger partial charge in [-0.3, -0.25) is 0 Å². The number of pyridine rings is 1. The zero-order valence-corrected chi connectivity index (χ0v) is 11.3. The number of rotatable bonds is 9. The van der Waals surface area contributed by atoms with Crippen LogP contribution in [0.4, 0.5) is 5.82 Å². The number of methoxy groups -OCH3 is 2. The Morgan fingerprint density at radius 2 is 1.94 bits per heavy atom. The second-order valence-electron chi connectivity index (χ2n) is 4.05. The van der Waals surface area contributed by atoms with Crippen LogP contribution >= 0.6 is 0 Å². The molecule has 1 heterocycles. The minimum absolute atomic E-state index is 0.523. The first kappa shape index (κ1) is 14.9.